The molecule has 1 atom stereocenters. The average Bonchev–Trinajstić information content (AvgIpc) is 2.83. The quantitative estimate of drug-likeness (QED) is 0.787. The number of fused-ring (bicyclic) bond motifs is 1. The lowest BCUT2D eigenvalue weighted by Crippen LogP contribution is -2.28. The largest absolute Gasteiger partial charge is 0.344 e. The van der Waals surface area contributed by atoms with Gasteiger partial charge in [-0.3, -0.25) is 9.20 Å². The normalized spacial score (nSPS) is 12.3. The van der Waals surface area contributed by atoms with Crippen LogP contribution in [0.15, 0.2) is 42.6 Å². The molecule has 0 unspecified atom stereocenters. The average molecular weight is 328 g/mol. The van der Waals surface area contributed by atoms with Crippen molar-refractivity contribution < 1.29 is 4.79 Å². The highest BCUT2D eigenvalue weighted by atomic mass is 35.5. The van der Waals surface area contributed by atoms with Gasteiger partial charge in [-0.25, -0.2) is 4.98 Å². The molecule has 1 aromatic carbocycles. The van der Waals surface area contributed by atoms with Gasteiger partial charge in [-0.05, 0) is 50.1 Å². The number of hydrogen-bond acceptors (Lipinski definition) is 2. The van der Waals surface area contributed by atoms with E-state index in [1.54, 1.807) is 0 Å². The summed E-state index contributed by atoms with van der Waals surface area (Å²) in [4.78, 5) is 17.2. The molecule has 0 saturated carbocycles. The zero-order valence-corrected chi connectivity index (χ0v) is 14.1. The zero-order chi connectivity index (χ0) is 16.6. The Morgan fingerprint density at radius 2 is 1.87 bits per heavy atom. The van der Waals surface area contributed by atoms with Gasteiger partial charge in [-0.15, -0.1) is 0 Å². The predicted octanol–water partition coefficient (Wildman–Crippen LogP) is 4.10. The van der Waals surface area contributed by atoms with Gasteiger partial charge in [0, 0.05) is 11.2 Å². The molecule has 5 heteroatoms. The Balaban J connectivity index is 1.90. The lowest BCUT2D eigenvalue weighted by molar-refractivity contribution is 0.0933. The summed E-state index contributed by atoms with van der Waals surface area (Å²) < 4.78 is 1.84. The Morgan fingerprint density at radius 3 is 2.57 bits per heavy atom. The Hall–Kier alpha value is -2.33. The minimum absolute atomic E-state index is 0.116. The SMILES string of the molecule is Cc1ccc2nc(C)c(C(=O)N[C@@H](C)c3ccc(Cl)cc3)n2c1. The second kappa shape index (κ2) is 6.05. The predicted molar refractivity (Wildman–Crippen MR) is 92.0 cm³/mol. The molecule has 0 radical (unpaired) electrons. The van der Waals surface area contributed by atoms with Crippen LogP contribution in [-0.4, -0.2) is 15.3 Å². The number of carbonyl (C=O) groups is 1. The summed E-state index contributed by atoms with van der Waals surface area (Å²) in [6.45, 7) is 5.79. The molecule has 0 saturated heterocycles. The van der Waals surface area contributed by atoms with Crippen molar-refractivity contribution in [2.24, 2.45) is 0 Å². The highest BCUT2D eigenvalue weighted by Crippen LogP contribution is 2.18. The second-order valence-corrected chi connectivity index (χ2v) is 6.16. The molecular weight excluding hydrogens is 310 g/mol. The number of carbonyl (C=O) groups excluding carboxylic acids is 1. The second-order valence-electron chi connectivity index (χ2n) is 5.73. The van der Waals surface area contributed by atoms with Crippen LogP contribution in [0, 0.1) is 13.8 Å². The standard InChI is InChI=1S/C18H18ClN3O/c1-11-4-9-16-20-13(3)17(22(16)10-11)18(23)21-12(2)14-5-7-15(19)8-6-14/h4-10,12H,1-3H3,(H,21,23)/t12-/m0/s1. The van der Waals surface area contributed by atoms with Gasteiger partial charge in [-0.1, -0.05) is 29.8 Å². The number of benzene rings is 1. The van der Waals surface area contributed by atoms with Gasteiger partial charge < -0.3 is 5.32 Å². The van der Waals surface area contributed by atoms with E-state index < -0.39 is 0 Å². The number of pyridine rings is 1. The van der Waals surface area contributed by atoms with E-state index in [0.29, 0.717) is 10.7 Å². The number of nitrogens with zero attached hydrogens (tertiary/aromatic N) is 2. The maximum atomic E-state index is 12.7. The van der Waals surface area contributed by atoms with E-state index >= 15 is 0 Å². The number of aromatic nitrogens is 2. The summed E-state index contributed by atoms with van der Waals surface area (Å²) in [7, 11) is 0. The van der Waals surface area contributed by atoms with E-state index in [-0.39, 0.29) is 11.9 Å². The molecule has 118 valence electrons. The number of imidazole rings is 1. The molecule has 0 spiro atoms. The van der Waals surface area contributed by atoms with E-state index in [1.165, 1.54) is 0 Å². The van der Waals surface area contributed by atoms with E-state index in [1.807, 2.05) is 67.8 Å². The smallest absolute Gasteiger partial charge is 0.270 e. The monoisotopic (exact) mass is 327 g/mol. The van der Waals surface area contributed by atoms with E-state index in [0.717, 1.165) is 22.5 Å². The van der Waals surface area contributed by atoms with Crippen molar-refractivity contribution in [3.05, 3.63) is 70.1 Å². The van der Waals surface area contributed by atoms with Gasteiger partial charge in [0.2, 0.25) is 0 Å². The van der Waals surface area contributed by atoms with Crippen molar-refractivity contribution >= 4 is 23.2 Å². The topological polar surface area (TPSA) is 46.4 Å². The maximum Gasteiger partial charge on any atom is 0.270 e. The van der Waals surface area contributed by atoms with Crippen molar-refractivity contribution in [1.82, 2.24) is 14.7 Å². The molecule has 1 amide bonds. The van der Waals surface area contributed by atoms with Crippen LogP contribution in [-0.2, 0) is 0 Å². The third-order valence-corrected chi connectivity index (χ3v) is 4.13. The van der Waals surface area contributed by atoms with Crippen molar-refractivity contribution in [2.75, 3.05) is 0 Å². The summed E-state index contributed by atoms with van der Waals surface area (Å²) in [6.07, 6.45) is 1.93. The molecule has 3 aromatic rings. The lowest BCUT2D eigenvalue weighted by atomic mass is 10.1. The van der Waals surface area contributed by atoms with Crippen LogP contribution in [0.4, 0.5) is 0 Å². The first-order chi connectivity index (χ1) is 11.0. The van der Waals surface area contributed by atoms with E-state index in [2.05, 4.69) is 10.3 Å². The summed E-state index contributed by atoms with van der Waals surface area (Å²) in [5.41, 5.74) is 4.15. The van der Waals surface area contributed by atoms with Gasteiger partial charge in [0.05, 0.1) is 11.7 Å². The lowest BCUT2D eigenvalue weighted by Gasteiger charge is -2.14. The molecule has 0 aliphatic carbocycles. The molecule has 23 heavy (non-hydrogen) atoms. The Bertz CT molecular complexity index is 868. The molecule has 0 fully saturated rings. The molecule has 4 nitrogen and oxygen atoms in total. The summed E-state index contributed by atoms with van der Waals surface area (Å²) in [5, 5.41) is 3.71. The molecule has 0 bridgehead atoms. The number of rotatable bonds is 3. The van der Waals surface area contributed by atoms with E-state index in [4.69, 9.17) is 11.6 Å². The molecule has 3 rings (SSSR count). The zero-order valence-electron chi connectivity index (χ0n) is 13.3. The van der Waals surface area contributed by atoms with Crippen LogP contribution in [0.1, 0.15) is 40.3 Å². The van der Waals surface area contributed by atoms with Gasteiger partial charge in [0.25, 0.3) is 5.91 Å². The van der Waals surface area contributed by atoms with Gasteiger partial charge >= 0.3 is 0 Å². The summed E-state index contributed by atoms with van der Waals surface area (Å²) in [6, 6.07) is 11.3. The minimum Gasteiger partial charge on any atom is -0.344 e. The molecule has 2 heterocycles. The van der Waals surface area contributed by atoms with Crippen molar-refractivity contribution in [1.29, 1.82) is 0 Å². The Morgan fingerprint density at radius 1 is 1.17 bits per heavy atom. The van der Waals surface area contributed by atoms with Crippen molar-refractivity contribution in [3.8, 4) is 0 Å². The summed E-state index contributed by atoms with van der Waals surface area (Å²) in [5.74, 6) is -0.136. The third kappa shape index (κ3) is 3.08. The molecule has 0 aliphatic heterocycles. The van der Waals surface area contributed by atoms with Crippen LogP contribution < -0.4 is 5.32 Å². The maximum absolute atomic E-state index is 12.7. The fourth-order valence-corrected chi connectivity index (χ4v) is 2.77. The van der Waals surface area contributed by atoms with Crippen LogP contribution in [0.5, 0.6) is 0 Å². The highest BCUT2D eigenvalue weighted by molar-refractivity contribution is 6.30. The first-order valence-corrected chi connectivity index (χ1v) is 7.85. The fourth-order valence-electron chi connectivity index (χ4n) is 2.64. The Kier molecular flexibility index (Phi) is 4.09. The summed E-state index contributed by atoms with van der Waals surface area (Å²) >= 11 is 5.91. The Labute approximate surface area is 140 Å². The molecule has 1 N–H and O–H groups in total. The number of amides is 1. The first kappa shape index (κ1) is 15.6. The highest BCUT2D eigenvalue weighted by Gasteiger charge is 2.18. The number of hydrogen-bond donors (Lipinski definition) is 1. The fraction of sp³-hybridized carbons (Fsp3) is 0.222. The van der Waals surface area contributed by atoms with Crippen molar-refractivity contribution in [3.63, 3.8) is 0 Å². The van der Waals surface area contributed by atoms with E-state index in [9.17, 15) is 4.79 Å². The van der Waals surface area contributed by atoms with Crippen molar-refractivity contribution in [2.45, 2.75) is 26.8 Å². The van der Waals surface area contributed by atoms with Crippen LogP contribution >= 0.6 is 11.6 Å². The third-order valence-electron chi connectivity index (χ3n) is 3.87. The number of aryl methyl sites for hydroxylation is 2. The number of nitrogens with one attached hydrogen (secondary N) is 1. The molecule has 0 aliphatic rings. The van der Waals surface area contributed by atoms with Crippen LogP contribution in [0.25, 0.3) is 5.65 Å². The first-order valence-electron chi connectivity index (χ1n) is 7.47. The minimum atomic E-state index is -0.136. The van der Waals surface area contributed by atoms with Gasteiger partial charge in [-0.2, -0.15) is 0 Å². The number of halogens is 1. The molecule has 2 aromatic heterocycles. The molecular formula is C18H18ClN3O. The van der Waals surface area contributed by atoms with Gasteiger partial charge in [0.15, 0.2) is 0 Å². The van der Waals surface area contributed by atoms with Crippen LogP contribution in [0.3, 0.4) is 0 Å². The van der Waals surface area contributed by atoms with Crippen LogP contribution in [0.2, 0.25) is 5.02 Å². The van der Waals surface area contributed by atoms with Gasteiger partial charge in [0.1, 0.15) is 11.3 Å².